The molecule has 3 rings (SSSR count). The maximum absolute atomic E-state index is 13.7. The van der Waals surface area contributed by atoms with E-state index in [9.17, 15) is 18.4 Å². The number of nitrogens with zero attached hydrogens (tertiary/aromatic N) is 2. The Morgan fingerprint density at radius 2 is 1.83 bits per heavy atom. The molecule has 0 aliphatic rings. The van der Waals surface area contributed by atoms with Crippen molar-refractivity contribution < 1.29 is 23.1 Å². The lowest BCUT2D eigenvalue weighted by Crippen LogP contribution is -2.30. The topological polar surface area (TPSA) is 93.2 Å². The quantitative estimate of drug-likeness (QED) is 0.470. The van der Waals surface area contributed by atoms with E-state index in [1.165, 1.54) is 24.5 Å². The molecule has 1 aromatic carbocycles. The number of carbonyl (C=O) groups excluding carboxylic acids is 2. The fourth-order valence-corrected chi connectivity index (χ4v) is 3.97. The molecule has 0 saturated heterocycles. The monoisotopic (exact) mass is 420 g/mol. The molecule has 0 atom stereocenters. The number of carbonyl (C=O) groups is 2. The molecule has 2 aromatic heterocycles. The van der Waals surface area contributed by atoms with Crippen LogP contribution in [-0.4, -0.2) is 42.0 Å². The van der Waals surface area contributed by atoms with Crippen LogP contribution in [0.1, 0.15) is 31.4 Å². The lowest BCUT2D eigenvalue weighted by atomic mass is 10.2. The molecule has 0 radical (unpaired) electrons. The number of methoxy groups -OCH3 is 1. The van der Waals surface area contributed by atoms with Gasteiger partial charge in [-0.1, -0.05) is 6.07 Å². The van der Waals surface area contributed by atoms with E-state index < -0.39 is 29.1 Å². The van der Waals surface area contributed by atoms with Crippen molar-refractivity contribution in [2.45, 2.75) is 13.8 Å². The molecule has 0 spiro atoms. The maximum Gasteiger partial charge on any atom is 0.348 e. The zero-order valence-electron chi connectivity index (χ0n) is 15.9. The summed E-state index contributed by atoms with van der Waals surface area (Å²) in [5, 5.41) is 6.23. The second-order valence-corrected chi connectivity index (χ2v) is 7.13. The van der Waals surface area contributed by atoms with Crippen LogP contribution in [0.2, 0.25) is 0 Å². The second kappa shape index (κ2) is 8.48. The summed E-state index contributed by atoms with van der Waals surface area (Å²) in [4.78, 5) is 33.8. The molecule has 2 heterocycles. The molecule has 2 N–H and O–H groups in total. The molecule has 0 saturated carbocycles. The van der Waals surface area contributed by atoms with Crippen molar-refractivity contribution >= 4 is 39.2 Å². The Kier molecular flexibility index (Phi) is 6.02. The van der Waals surface area contributed by atoms with E-state index in [0.717, 1.165) is 12.1 Å². The molecule has 1 amide bonds. The van der Waals surface area contributed by atoms with Crippen LogP contribution < -0.4 is 10.6 Å². The number of benzene rings is 1. The zero-order valence-corrected chi connectivity index (χ0v) is 16.7. The van der Waals surface area contributed by atoms with Gasteiger partial charge in [0.1, 0.15) is 38.5 Å². The van der Waals surface area contributed by atoms with Crippen LogP contribution in [0.5, 0.6) is 0 Å². The lowest BCUT2D eigenvalue weighted by Gasteiger charge is -2.10. The Balaban J connectivity index is 1.73. The highest BCUT2D eigenvalue weighted by Crippen LogP contribution is 2.34. The number of anilines is 1. The van der Waals surface area contributed by atoms with Gasteiger partial charge in [-0.15, -0.1) is 11.3 Å². The van der Waals surface area contributed by atoms with Crippen LogP contribution in [-0.2, 0) is 4.74 Å². The van der Waals surface area contributed by atoms with Gasteiger partial charge >= 0.3 is 5.97 Å². The van der Waals surface area contributed by atoms with Crippen molar-refractivity contribution in [3.05, 3.63) is 51.7 Å². The minimum atomic E-state index is -0.923. The minimum absolute atomic E-state index is 0.101. The number of rotatable bonds is 6. The van der Waals surface area contributed by atoms with E-state index in [1.807, 2.05) is 0 Å². The largest absolute Gasteiger partial charge is 0.465 e. The highest BCUT2D eigenvalue weighted by atomic mass is 32.1. The average molecular weight is 420 g/mol. The maximum atomic E-state index is 13.7. The van der Waals surface area contributed by atoms with Gasteiger partial charge in [-0.05, 0) is 31.5 Å². The fraction of sp³-hybridized carbons (Fsp3) is 0.263. The van der Waals surface area contributed by atoms with E-state index in [2.05, 4.69) is 20.6 Å². The van der Waals surface area contributed by atoms with Gasteiger partial charge in [0.15, 0.2) is 0 Å². The van der Waals surface area contributed by atoms with Crippen LogP contribution in [0.15, 0.2) is 18.2 Å². The van der Waals surface area contributed by atoms with Crippen LogP contribution in [0, 0.1) is 25.5 Å². The molecule has 29 heavy (non-hydrogen) atoms. The highest BCUT2D eigenvalue weighted by Gasteiger charge is 2.20. The summed E-state index contributed by atoms with van der Waals surface area (Å²) >= 11 is 1.21. The number of halogens is 2. The number of amides is 1. The molecule has 152 valence electrons. The Morgan fingerprint density at radius 1 is 1.14 bits per heavy atom. The van der Waals surface area contributed by atoms with Crippen LogP contribution >= 0.6 is 11.3 Å². The van der Waals surface area contributed by atoms with Crippen molar-refractivity contribution in [1.82, 2.24) is 15.3 Å². The molecule has 0 aliphatic heterocycles. The second-order valence-electron chi connectivity index (χ2n) is 6.13. The van der Waals surface area contributed by atoms with E-state index in [4.69, 9.17) is 4.74 Å². The van der Waals surface area contributed by atoms with Gasteiger partial charge < -0.3 is 15.4 Å². The highest BCUT2D eigenvalue weighted by molar-refractivity contribution is 7.20. The van der Waals surface area contributed by atoms with Crippen molar-refractivity contribution in [2.75, 3.05) is 25.5 Å². The molecule has 0 bridgehead atoms. The summed E-state index contributed by atoms with van der Waals surface area (Å²) in [6, 6.07) is 3.24. The van der Waals surface area contributed by atoms with Crippen molar-refractivity contribution in [3.63, 3.8) is 0 Å². The van der Waals surface area contributed by atoms with Gasteiger partial charge in [0.25, 0.3) is 5.91 Å². The molecular formula is C19H18F2N4O3S. The van der Waals surface area contributed by atoms with E-state index >= 15 is 0 Å². The molecule has 10 heteroatoms. The average Bonchev–Trinajstić information content (AvgIpc) is 3.00. The van der Waals surface area contributed by atoms with Gasteiger partial charge in [-0.2, -0.15) is 0 Å². The Bertz CT molecular complexity index is 1080. The predicted octanol–water partition coefficient (Wildman–Crippen LogP) is 3.21. The summed E-state index contributed by atoms with van der Waals surface area (Å²) in [6.07, 6.45) is 0. The molecule has 3 aromatic rings. The summed E-state index contributed by atoms with van der Waals surface area (Å²) in [7, 11) is 1.31. The van der Waals surface area contributed by atoms with Crippen LogP contribution in [0.4, 0.5) is 14.6 Å². The van der Waals surface area contributed by atoms with Gasteiger partial charge in [0.2, 0.25) is 0 Å². The van der Waals surface area contributed by atoms with Gasteiger partial charge in [0.05, 0.1) is 12.5 Å². The standard InChI is InChI=1S/C19H18F2N4O3S/c1-9-13-16(24-10(2)25-18(13)29-15(9)19(27)28-3)22-7-8-23-17(26)14-11(20)5-4-6-12(14)21/h4-6H,7-8H2,1-3H3,(H,23,26)(H,22,24,25). The van der Waals surface area contributed by atoms with Gasteiger partial charge in [-0.3, -0.25) is 4.79 Å². The van der Waals surface area contributed by atoms with Crippen molar-refractivity contribution in [3.8, 4) is 0 Å². The smallest absolute Gasteiger partial charge is 0.348 e. The molecule has 0 fully saturated rings. The number of aryl methyl sites for hydroxylation is 2. The number of hydrogen-bond acceptors (Lipinski definition) is 7. The van der Waals surface area contributed by atoms with Crippen LogP contribution in [0.25, 0.3) is 10.2 Å². The first-order valence-corrected chi connectivity index (χ1v) is 9.47. The number of esters is 1. The number of ether oxygens (including phenoxy) is 1. The van der Waals surface area contributed by atoms with E-state index in [0.29, 0.717) is 32.3 Å². The third kappa shape index (κ3) is 4.16. The van der Waals surface area contributed by atoms with Gasteiger partial charge in [0, 0.05) is 13.1 Å². The SMILES string of the molecule is COC(=O)c1sc2nc(C)nc(NCCNC(=O)c3c(F)cccc3F)c2c1C. The van der Waals surface area contributed by atoms with Gasteiger partial charge in [-0.25, -0.2) is 23.5 Å². The summed E-state index contributed by atoms with van der Waals surface area (Å²) in [5.41, 5.74) is 0.0704. The normalized spacial score (nSPS) is 10.8. The number of hydrogen-bond donors (Lipinski definition) is 2. The Labute approximate surface area is 169 Å². The molecular weight excluding hydrogens is 402 g/mol. The minimum Gasteiger partial charge on any atom is -0.465 e. The molecule has 0 unspecified atom stereocenters. The lowest BCUT2D eigenvalue weighted by molar-refractivity contribution is 0.0605. The summed E-state index contributed by atoms with van der Waals surface area (Å²) in [5.74, 6) is -2.13. The van der Waals surface area contributed by atoms with Crippen molar-refractivity contribution in [1.29, 1.82) is 0 Å². The third-order valence-corrected chi connectivity index (χ3v) is 5.33. The van der Waals surface area contributed by atoms with E-state index in [-0.39, 0.29) is 13.1 Å². The first kappa shape index (κ1) is 20.6. The number of thiophene rings is 1. The first-order valence-electron chi connectivity index (χ1n) is 8.65. The van der Waals surface area contributed by atoms with Crippen LogP contribution in [0.3, 0.4) is 0 Å². The van der Waals surface area contributed by atoms with E-state index in [1.54, 1.807) is 13.8 Å². The Hall–Kier alpha value is -3.14. The molecule has 0 aliphatic carbocycles. The zero-order chi connectivity index (χ0) is 21.1. The predicted molar refractivity (Wildman–Crippen MR) is 105 cm³/mol. The number of aromatic nitrogens is 2. The molecule has 7 nitrogen and oxygen atoms in total. The summed E-state index contributed by atoms with van der Waals surface area (Å²) < 4.78 is 32.1. The van der Waals surface area contributed by atoms with Crippen molar-refractivity contribution in [2.24, 2.45) is 0 Å². The number of fused-ring (bicyclic) bond motifs is 1. The fourth-order valence-electron chi connectivity index (χ4n) is 2.82. The Morgan fingerprint density at radius 3 is 2.48 bits per heavy atom. The third-order valence-electron chi connectivity index (χ3n) is 4.17. The first-order chi connectivity index (χ1) is 13.8. The number of nitrogens with one attached hydrogen (secondary N) is 2. The summed E-state index contributed by atoms with van der Waals surface area (Å²) in [6.45, 7) is 3.85.